The zero-order chi connectivity index (χ0) is 22.0. The largest absolute Gasteiger partial charge is 0.491 e. The molecule has 164 valence electrons. The number of imide groups is 1. The van der Waals surface area contributed by atoms with Crippen molar-refractivity contribution in [3.8, 4) is 5.75 Å². The molecule has 0 bridgehead atoms. The van der Waals surface area contributed by atoms with Gasteiger partial charge in [-0.3, -0.25) is 9.69 Å². The summed E-state index contributed by atoms with van der Waals surface area (Å²) < 4.78 is 5.69. The number of aliphatic hydroxyl groups excluding tert-OH is 1. The molecule has 1 heterocycles. The predicted molar refractivity (Wildman–Crippen MR) is 118 cm³/mol. The quantitative estimate of drug-likeness (QED) is 0.696. The van der Waals surface area contributed by atoms with Gasteiger partial charge in [0.05, 0.1) is 6.54 Å². The molecule has 1 spiro atoms. The van der Waals surface area contributed by atoms with Crippen molar-refractivity contribution < 1.29 is 19.4 Å². The number of hydrogen-bond donors (Lipinski definition) is 2. The minimum atomic E-state index is -0.952. The fraction of sp³-hybridized carbons (Fsp3) is 0.440. The Morgan fingerprint density at radius 3 is 2.39 bits per heavy atom. The summed E-state index contributed by atoms with van der Waals surface area (Å²) in [7, 11) is 0. The SMILES string of the molecule is Cc1cc(C)cc(OCC(O)CN2C(=O)NC3(CCC(c4ccccc4)CC3)C2=O)c1. The van der Waals surface area contributed by atoms with Gasteiger partial charge < -0.3 is 15.2 Å². The molecular weight excluding hydrogens is 392 g/mol. The van der Waals surface area contributed by atoms with Gasteiger partial charge in [0.15, 0.2) is 0 Å². The highest BCUT2D eigenvalue weighted by Crippen LogP contribution is 2.40. The number of aliphatic hydroxyl groups is 1. The molecule has 2 N–H and O–H groups in total. The molecule has 6 nitrogen and oxygen atoms in total. The van der Waals surface area contributed by atoms with Gasteiger partial charge >= 0.3 is 6.03 Å². The summed E-state index contributed by atoms with van der Waals surface area (Å²) in [5.74, 6) is 0.848. The molecule has 1 saturated carbocycles. The minimum absolute atomic E-state index is 0.0169. The zero-order valence-electron chi connectivity index (χ0n) is 18.1. The Labute approximate surface area is 183 Å². The highest BCUT2D eigenvalue weighted by Gasteiger charge is 2.52. The first-order valence-electron chi connectivity index (χ1n) is 10.9. The van der Waals surface area contributed by atoms with Crippen LogP contribution in [0, 0.1) is 13.8 Å². The first-order valence-corrected chi connectivity index (χ1v) is 10.9. The molecule has 2 aromatic rings. The molecule has 0 radical (unpaired) electrons. The van der Waals surface area contributed by atoms with Crippen molar-refractivity contribution in [2.75, 3.05) is 13.2 Å². The maximum absolute atomic E-state index is 13.1. The number of urea groups is 1. The Balaban J connectivity index is 1.34. The van der Waals surface area contributed by atoms with Gasteiger partial charge in [0.25, 0.3) is 5.91 Å². The van der Waals surface area contributed by atoms with Crippen LogP contribution in [-0.4, -0.2) is 46.7 Å². The Morgan fingerprint density at radius 2 is 1.74 bits per heavy atom. The lowest BCUT2D eigenvalue weighted by Gasteiger charge is -2.35. The van der Waals surface area contributed by atoms with E-state index in [0.717, 1.165) is 28.9 Å². The van der Waals surface area contributed by atoms with Gasteiger partial charge in [-0.2, -0.15) is 0 Å². The lowest BCUT2D eigenvalue weighted by Crippen LogP contribution is -2.49. The van der Waals surface area contributed by atoms with E-state index in [1.54, 1.807) is 0 Å². The van der Waals surface area contributed by atoms with Crippen molar-refractivity contribution >= 4 is 11.9 Å². The van der Waals surface area contributed by atoms with Crippen molar-refractivity contribution in [1.82, 2.24) is 10.2 Å². The van der Waals surface area contributed by atoms with E-state index in [0.29, 0.717) is 24.5 Å². The first-order chi connectivity index (χ1) is 14.9. The van der Waals surface area contributed by atoms with Crippen LogP contribution in [0.25, 0.3) is 0 Å². The number of β-amino-alcohol motifs (C(OH)–C–C–N with tert-alkyl or cyclic N) is 1. The fourth-order valence-corrected chi connectivity index (χ4v) is 4.82. The average Bonchev–Trinajstić information content (AvgIpc) is 2.97. The van der Waals surface area contributed by atoms with Crippen molar-refractivity contribution in [2.24, 2.45) is 0 Å². The smallest absolute Gasteiger partial charge is 0.325 e. The van der Waals surface area contributed by atoms with Crippen LogP contribution in [0.4, 0.5) is 4.79 Å². The van der Waals surface area contributed by atoms with Gasteiger partial charge in [0.1, 0.15) is 24.0 Å². The molecule has 0 aromatic heterocycles. The maximum atomic E-state index is 13.1. The molecule has 1 atom stereocenters. The van der Waals surface area contributed by atoms with Crippen LogP contribution in [0.15, 0.2) is 48.5 Å². The fourth-order valence-electron chi connectivity index (χ4n) is 4.82. The topological polar surface area (TPSA) is 78.9 Å². The monoisotopic (exact) mass is 422 g/mol. The van der Waals surface area contributed by atoms with Gasteiger partial charge in [0, 0.05) is 0 Å². The van der Waals surface area contributed by atoms with Crippen LogP contribution in [-0.2, 0) is 4.79 Å². The highest BCUT2D eigenvalue weighted by molar-refractivity contribution is 6.07. The Hall–Kier alpha value is -2.86. The normalized spacial score (nSPS) is 24.4. The van der Waals surface area contributed by atoms with Crippen LogP contribution in [0.5, 0.6) is 5.75 Å². The Kier molecular flexibility index (Phi) is 6.01. The molecule has 2 fully saturated rings. The molecule has 6 heteroatoms. The van der Waals surface area contributed by atoms with E-state index in [2.05, 4.69) is 17.4 Å². The number of aryl methyl sites for hydroxylation is 2. The van der Waals surface area contributed by atoms with E-state index in [-0.39, 0.29) is 19.1 Å². The van der Waals surface area contributed by atoms with E-state index >= 15 is 0 Å². The molecule has 31 heavy (non-hydrogen) atoms. The third kappa shape index (κ3) is 4.59. The second kappa shape index (κ2) is 8.71. The molecule has 3 amide bonds. The molecule has 2 aliphatic rings. The zero-order valence-corrected chi connectivity index (χ0v) is 18.1. The van der Waals surface area contributed by atoms with E-state index in [1.807, 2.05) is 50.2 Å². The van der Waals surface area contributed by atoms with Crippen molar-refractivity contribution in [2.45, 2.75) is 57.1 Å². The molecule has 1 saturated heterocycles. The van der Waals surface area contributed by atoms with Crippen molar-refractivity contribution in [3.63, 3.8) is 0 Å². The number of rotatable bonds is 6. The molecule has 4 rings (SSSR count). The third-order valence-electron chi connectivity index (χ3n) is 6.39. The standard InChI is InChI=1S/C25H30N2O4/c1-17-12-18(2)14-22(13-17)31-16-21(28)15-27-23(29)25(26-24(27)30)10-8-20(9-11-25)19-6-4-3-5-7-19/h3-7,12-14,20-21,28H,8-11,15-16H2,1-2H3,(H,26,30). The Bertz CT molecular complexity index is 931. The second-order valence-electron chi connectivity index (χ2n) is 8.90. The number of ether oxygens (including phenoxy) is 1. The predicted octanol–water partition coefficient (Wildman–Crippen LogP) is 3.69. The van der Waals surface area contributed by atoms with E-state index in [4.69, 9.17) is 4.74 Å². The van der Waals surface area contributed by atoms with E-state index in [1.165, 1.54) is 5.56 Å². The Morgan fingerprint density at radius 1 is 1.10 bits per heavy atom. The van der Waals surface area contributed by atoms with Crippen LogP contribution in [0.2, 0.25) is 0 Å². The summed E-state index contributed by atoms with van der Waals surface area (Å²) in [5.41, 5.74) is 2.60. The summed E-state index contributed by atoms with van der Waals surface area (Å²) in [4.78, 5) is 26.8. The molecule has 2 aromatic carbocycles. The van der Waals surface area contributed by atoms with Crippen LogP contribution >= 0.6 is 0 Å². The van der Waals surface area contributed by atoms with E-state index in [9.17, 15) is 14.7 Å². The summed E-state index contributed by atoms with van der Waals surface area (Å²) in [5, 5.41) is 13.3. The second-order valence-corrected chi connectivity index (χ2v) is 8.90. The number of amides is 3. The maximum Gasteiger partial charge on any atom is 0.325 e. The number of nitrogens with one attached hydrogen (secondary N) is 1. The van der Waals surface area contributed by atoms with Crippen LogP contribution in [0.1, 0.15) is 48.3 Å². The minimum Gasteiger partial charge on any atom is -0.491 e. The van der Waals surface area contributed by atoms with Gasteiger partial charge in [-0.1, -0.05) is 36.4 Å². The number of benzene rings is 2. The summed E-state index contributed by atoms with van der Waals surface area (Å²) >= 11 is 0. The summed E-state index contributed by atoms with van der Waals surface area (Å²) in [6.45, 7) is 3.91. The molecule has 1 aliphatic heterocycles. The molecule has 1 aliphatic carbocycles. The highest BCUT2D eigenvalue weighted by atomic mass is 16.5. The van der Waals surface area contributed by atoms with Gasteiger partial charge in [-0.25, -0.2) is 4.79 Å². The van der Waals surface area contributed by atoms with E-state index < -0.39 is 17.7 Å². The lowest BCUT2D eigenvalue weighted by molar-refractivity contribution is -0.133. The average molecular weight is 423 g/mol. The number of carbonyl (C=O) groups is 2. The van der Waals surface area contributed by atoms with Gasteiger partial charge in [0.2, 0.25) is 0 Å². The van der Waals surface area contributed by atoms with Crippen LogP contribution in [0.3, 0.4) is 0 Å². The number of nitrogens with zero attached hydrogens (tertiary/aromatic N) is 1. The lowest BCUT2D eigenvalue weighted by atomic mass is 9.74. The number of carbonyl (C=O) groups excluding carboxylic acids is 2. The van der Waals surface area contributed by atoms with Crippen molar-refractivity contribution in [3.05, 3.63) is 65.2 Å². The van der Waals surface area contributed by atoms with Gasteiger partial charge in [-0.15, -0.1) is 0 Å². The molecular formula is C25H30N2O4. The van der Waals surface area contributed by atoms with Gasteiger partial charge in [-0.05, 0) is 74.3 Å². The van der Waals surface area contributed by atoms with Crippen molar-refractivity contribution in [1.29, 1.82) is 0 Å². The first kappa shape index (κ1) is 21.4. The summed E-state index contributed by atoms with van der Waals surface area (Å²) in [6, 6.07) is 15.7. The third-order valence-corrected chi connectivity index (χ3v) is 6.39. The van der Waals surface area contributed by atoms with Crippen LogP contribution < -0.4 is 10.1 Å². The summed E-state index contributed by atoms with van der Waals surface area (Å²) in [6.07, 6.45) is 1.97. The number of hydrogen-bond acceptors (Lipinski definition) is 4. The molecule has 1 unspecified atom stereocenters.